The molecular weight excluding hydrogens is 356 g/mol. The Bertz CT molecular complexity index is 847. The van der Waals surface area contributed by atoms with E-state index in [1.54, 1.807) is 11.0 Å². The van der Waals surface area contributed by atoms with E-state index in [9.17, 15) is 23.1 Å². The molecule has 1 aliphatic heterocycles. The van der Waals surface area contributed by atoms with Gasteiger partial charge in [0, 0.05) is 19.1 Å². The maximum absolute atomic E-state index is 13.2. The number of carbonyl (C=O) groups excluding carboxylic acids is 1. The number of hydrogen-bond donors (Lipinski definition) is 1. The number of nitrogens with zero attached hydrogens (tertiary/aromatic N) is 2. The van der Waals surface area contributed by atoms with E-state index < -0.39 is 16.0 Å². The van der Waals surface area contributed by atoms with Crippen molar-refractivity contribution in [3.63, 3.8) is 0 Å². The fourth-order valence-corrected chi connectivity index (χ4v) is 5.44. The second-order valence-electron chi connectivity index (χ2n) is 7.14. The van der Waals surface area contributed by atoms with Gasteiger partial charge in [-0.1, -0.05) is 0 Å². The van der Waals surface area contributed by atoms with Gasteiger partial charge in [-0.3, -0.25) is 4.79 Å². The van der Waals surface area contributed by atoms with Gasteiger partial charge in [-0.2, -0.15) is 4.31 Å². The summed E-state index contributed by atoms with van der Waals surface area (Å²) in [6, 6.07) is 2.86. The van der Waals surface area contributed by atoms with Gasteiger partial charge in [0.15, 0.2) is 0 Å². The Balaban J connectivity index is 2.01. The van der Waals surface area contributed by atoms with Gasteiger partial charge in [0.2, 0.25) is 15.9 Å². The normalized spacial score (nSPS) is 18.9. The van der Waals surface area contributed by atoms with E-state index in [1.165, 1.54) is 10.4 Å². The molecule has 7 nitrogen and oxygen atoms in total. The van der Waals surface area contributed by atoms with Crippen molar-refractivity contribution in [1.29, 1.82) is 0 Å². The molecule has 0 bridgehead atoms. The SMILES string of the molecule is CC(C)N1CCN(S(=O)(=O)c2cc(C(=O)O)cc3c2CCCC3)CC1=O. The molecule has 142 valence electrons. The highest BCUT2D eigenvalue weighted by Crippen LogP contribution is 2.31. The zero-order valence-electron chi connectivity index (χ0n) is 15.1. The lowest BCUT2D eigenvalue weighted by Crippen LogP contribution is -2.54. The number of fused-ring (bicyclic) bond motifs is 1. The van der Waals surface area contributed by atoms with Gasteiger partial charge in [-0.25, -0.2) is 13.2 Å². The summed E-state index contributed by atoms with van der Waals surface area (Å²) < 4.78 is 27.6. The third kappa shape index (κ3) is 3.35. The number of hydrogen-bond acceptors (Lipinski definition) is 4. The highest BCUT2D eigenvalue weighted by atomic mass is 32.2. The summed E-state index contributed by atoms with van der Waals surface area (Å²) in [5, 5.41) is 9.36. The first kappa shape index (κ1) is 18.8. The predicted octanol–water partition coefficient (Wildman–Crippen LogP) is 1.50. The number of carbonyl (C=O) groups is 2. The molecule has 0 saturated carbocycles. The zero-order valence-corrected chi connectivity index (χ0v) is 15.9. The van der Waals surface area contributed by atoms with E-state index >= 15 is 0 Å². The van der Waals surface area contributed by atoms with Gasteiger partial charge in [-0.05, 0) is 62.8 Å². The first-order chi connectivity index (χ1) is 12.2. The van der Waals surface area contributed by atoms with Gasteiger partial charge in [0.1, 0.15) is 0 Å². The molecule has 0 aromatic heterocycles. The first-order valence-corrected chi connectivity index (χ1v) is 10.3. The average Bonchev–Trinajstić information content (AvgIpc) is 2.60. The fraction of sp³-hybridized carbons (Fsp3) is 0.556. The van der Waals surface area contributed by atoms with Crippen molar-refractivity contribution in [3.8, 4) is 0 Å². The van der Waals surface area contributed by atoms with Crippen LogP contribution < -0.4 is 0 Å². The summed E-state index contributed by atoms with van der Waals surface area (Å²) in [6.45, 7) is 4.16. The van der Waals surface area contributed by atoms with E-state index in [4.69, 9.17) is 0 Å². The quantitative estimate of drug-likeness (QED) is 0.854. The van der Waals surface area contributed by atoms with Crippen molar-refractivity contribution >= 4 is 21.9 Å². The van der Waals surface area contributed by atoms with E-state index in [1.807, 2.05) is 13.8 Å². The Morgan fingerprint density at radius 1 is 1.15 bits per heavy atom. The summed E-state index contributed by atoms with van der Waals surface area (Å²) in [7, 11) is -3.92. The van der Waals surface area contributed by atoms with Crippen LogP contribution in [0.4, 0.5) is 0 Å². The molecule has 2 aliphatic rings. The standard InChI is InChI=1S/C18H24N2O5S/c1-12(2)20-8-7-19(11-17(20)21)26(24,25)16-10-14(18(22)23)9-13-5-3-4-6-15(13)16/h9-10,12H,3-8,11H2,1-2H3,(H,22,23). The highest BCUT2D eigenvalue weighted by molar-refractivity contribution is 7.89. The lowest BCUT2D eigenvalue weighted by Gasteiger charge is -2.36. The largest absolute Gasteiger partial charge is 0.478 e. The van der Waals surface area contributed by atoms with Crippen LogP contribution in [0.2, 0.25) is 0 Å². The molecular formula is C18H24N2O5S. The molecule has 1 heterocycles. The van der Waals surface area contributed by atoms with Gasteiger partial charge in [0.05, 0.1) is 17.0 Å². The van der Waals surface area contributed by atoms with Gasteiger partial charge in [0.25, 0.3) is 0 Å². The summed E-state index contributed by atoms with van der Waals surface area (Å²) in [6.07, 6.45) is 3.09. The molecule has 1 fully saturated rings. The van der Waals surface area contributed by atoms with E-state index in [2.05, 4.69) is 0 Å². The molecule has 0 atom stereocenters. The number of carboxylic acids is 1. The maximum atomic E-state index is 13.2. The summed E-state index contributed by atoms with van der Waals surface area (Å²) in [5.74, 6) is -1.37. The van der Waals surface area contributed by atoms with Crippen LogP contribution in [-0.2, 0) is 27.7 Å². The molecule has 3 rings (SSSR count). The smallest absolute Gasteiger partial charge is 0.335 e. The number of rotatable bonds is 4. The van der Waals surface area contributed by atoms with Gasteiger partial charge < -0.3 is 10.0 Å². The van der Waals surface area contributed by atoms with Crippen molar-refractivity contribution in [2.45, 2.75) is 50.5 Å². The first-order valence-electron chi connectivity index (χ1n) is 8.90. The predicted molar refractivity (Wildman–Crippen MR) is 95.7 cm³/mol. The Kier molecular flexibility index (Phi) is 5.07. The molecule has 26 heavy (non-hydrogen) atoms. The molecule has 1 N–H and O–H groups in total. The minimum absolute atomic E-state index is 0.0173. The van der Waals surface area contributed by atoms with Crippen molar-refractivity contribution in [2.24, 2.45) is 0 Å². The van der Waals surface area contributed by atoms with Crippen molar-refractivity contribution in [1.82, 2.24) is 9.21 Å². The number of aromatic carboxylic acids is 1. The highest BCUT2D eigenvalue weighted by Gasteiger charge is 2.36. The minimum Gasteiger partial charge on any atom is -0.478 e. The number of carboxylic acid groups (broad SMARTS) is 1. The van der Waals surface area contributed by atoms with Crippen LogP contribution in [0.5, 0.6) is 0 Å². The summed E-state index contributed by atoms with van der Waals surface area (Å²) in [5.41, 5.74) is 1.48. The van der Waals surface area contributed by atoms with Crippen LogP contribution >= 0.6 is 0 Å². The third-order valence-corrected chi connectivity index (χ3v) is 7.05. The van der Waals surface area contributed by atoms with Gasteiger partial charge in [-0.15, -0.1) is 0 Å². The van der Waals surface area contributed by atoms with Crippen LogP contribution in [0, 0.1) is 0 Å². The van der Waals surface area contributed by atoms with Crippen LogP contribution in [0.25, 0.3) is 0 Å². The number of aryl methyl sites for hydroxylation is 1. The number of amides is 1. The Labute approximate surface area is 153 Å². The second kappa shape index (κ2) is 7.00. The molecule has 1 aliphatic carbocycles. The van der Waals surface area contributed by atoms with Crippen LogP contribution in [-0.4, -0.2) is 60.3 Å². The number of benzene rings is 1. The van der Waals surface area contributed by atoms with Crippen molar-refractivity contribution in [3.05, 3.63) is 28.8 Å². The van der Waals surface area contributed by atoms with E-state index in [-0.39, 0.29) is 35.5 Å². The third-order valence-electron chi connectivity index (χ3n) is 5.13. The average molecular weight is 380 g/mol. The molecule has 1 saturated heterocycles. The molecule has 0 spiro atoms. The summed E-state index contributed by atoms with van der Waals surface area (Å²) >= 11 is 0. The molecule has 0 radical (unpaired) electrons. The molecule has 1 aromatic rings. The fourth-order valence-electron chi connectivity index (χ4n) is 3.74. The maximum Gasteiger partial charge on any atom is 0.335 e. The number of piperazine rings is 1. The van der Waals surface area contributed by atoms with E-state index in [0.717, 1.165) is 18.4 Å². The topological polar surface area (TPSA) is 95.0 Å². The number of sulfonamides is 1. The molecule has 1 aromatic carbocycles. The van der Waals surface area contributed by atoms with Crippen molar-refractivity contribution in [2.75, 3.05) is 19.6 Å². The van der Waals surface area contributed by atoms with Gasteiger partial charge >= 0.3 is 5.97 Å². The zero-order chi connectivity index (χ0) is 19.1. The van der Waals surface area contributed by atoms with Crippen LogP contribution in [0.15, 0.2) is 17.0 Å². The van der Waals surface area contributed by atoms with E-state index in [0.29, 0.717) is 24.9 Å². The van der Waals surface area contributed by atoms with Crippen LogP contribution in [0.1, 0.15) is 48.2 Å². The summed E-state index contributed by atoms with van der Waals surface area (Å²) in [4.78, 5) is 25.5. The minimum atomic E-state index is -3.92. The van der Waals surface area contributed by atoms with Crippen molar-refractivity contribution < 1.29 is 23.1 Å². The monoisotopic (exact) mass is 380 g/mol. The molecule has 8 heteroatoms. The molecule has 0 unspecified atom stereocenters. The lowest BCUT2D eigenvalue weighted by atomic mass is 9.90. The van der Waals surface area contributed by atoms with Crippen LogP contribution in [0.3, 0.4) is 0 Å². The Morgan fingerprint density at radius 3 is 2.46 bits per heavy atom. The Hall–Kier alpha value is -1.93. The molecule has 1 amide bonds. The second-order valence-corrected chi connectivity index (χ2v) is 9.05. The Morgan fingerprint density at radius 2 is 1.85 bits per heavy atom. The lowest BCUT2D eigenvalue weighted by molar-refractivity contribution is -0.135.